The second-order valence-electron chi connectivity index (χ2n) is 6.63. The van der Waals surface area contributed by atoms with E-state index in [2.05, 4.69) is 0 Å². The third-order valence-corrected chi connectivity index (χ3v) is 3.45. The third kappa shape index (κ3) is 14.8. The van der Waals surface area contributed by atoms with Crippen LogP contribution in [0.4, 0.5) is 0 Å². The second-order valence-corrected chi connectivity index (χ2v) is 6.63. The highest BCUT2D eigenvalue weighted by Gasteiger charge is 2.24. The Balaban J connectivity index is 5.01. The van der Waals surface area contributed by atoms with Crippen LogP contribution in [0, 0.1) is 0 Å². The van der Waals surface area contributed by atoms with E-state index < -0.39 is 29.1 Å². The molecule has 170 valence electrons. The van der Waals surface area contributed by atoms with Crippen LogP contribution in [0.2, 0.25) is 0 Å². The van der Waals surface area contributed by atoms with Gasteiger partial charge in [0.25, 0.3) is 0 Å². The number of carboxylic acids is 1. The fourth-order valence-corrected chi connectivity index (χ4v) is 1.88. The molecule has 0 atom stereocenters. The maximum Gasteiger partial charge on any atom is 0.303 e. The quantitative estimate of drug-likeness (QED) is 0.101. The number of rotatable bonds is 13. The predicted molar refractivity (Wildman–Crippen MR) is 106 cm³/mol. The van der Waals surface area contributed by atoms with Gasteiger partial charge < -0.3 is 46.0 Å². The van der Waals surface area contributed by atoms with Gasteiger partial charge in [-0.1, -0.05) is 19.1 Å². The van der Waals surface area contributed by atoms with Crippen molar-refractivity contribution in [3.63, 3.8) is 0 Å². The van der Waals surface area contributed by atoms with E-state index in [4.69, 9.17) is 5.11 Å². The molecule has 10 nitrogen and oxygen atoms in total. The maximum absolute atomic E-state index is 10.4. The van der Waals surface area contributed by atoms with Crippen molar-refractivity contribution in [1.29, 1.82) is 0 Å². The zero-order chi connectivity index (χ0) is 23.5. The molecule has 0 aliphatic rings. The van der Waals surface area contributed by atoms with Crippen molar-refractivity contribution in [2.24, 2.45) is 0 Å². The number of hydrogen-bond donors (Lipinski definition) is 9. The summed E-state index contributed by atoms with van der Waals surface area (Å²) < 4.78 is 0. The van der Waals surface area contributed by atoms with Crippen molar-refractivity contribution in [1.82, 2.24) is 0 Å². The number of carboxylic acid groups (broad SMARTS) is 1. The summed E-state index contributed by atoms with van der Waals surface area (Å²) in [6.45, 7) is 1.75. The average Bonchev–Trinajstić information content (AvgIpc) is 2.62. The van der Waals surface area contributed by atoms with Crippen molar-refractivity contribution in [2.45, 2.75) is 55.8 Å². The molecule has 0 saturated heterocycles. The Bertz CT molecular complexity index is 682. The molecule has 0 spiro atoms. The summed E-state index contributed by atoms with van der Waals surface area (Å²) in [5.74, 6) is -11.6. The smallest absolute Gasteiger partial charge is 0.303 e. The molecule has 0 bridgehead atoms. The number of hydrogen-bond acceptors (Lipinski definition) is 9. The summed E-state index contributed by atoms with van der Waals surface area (Å²) in [6, 6.07) is 0. The van der Waals surface area contributed by atoms with E-state index in [9.17, 15) is 45.6 Å². The highest BCUT2D eigenvalue weighted by molar-refractivity contribution is 5.66. The zero-order valence-corrected chi connectivity index (χ0v) is 16.5. The van der Waals surface area contributed by atoms with Crippen LogP contribution in [0.5, 0.6) is 0 Å². The van der Waals surface area contributed by atoms with Gasteiger partial charge in [0.15, 0.2) is 0 Å². The van der Waals surface area contributed by atoms with Gasteiger partial charge in [0.1, 0.15) is 0 Å². The summed E-state index contributed by atoms with van der Waals surface area (Å²) in [4.78, 5) is 10.4. The standard InChI is InChI=1S/C20H30O10/c1-2-3-8-17(23,24)10-12-19(27,28)14-15-20(29,30)13-11-18(25,26)9-6-4-5-7-16(21)22/h3,6,8-15,23-30H,2,4-5,7H2,1H3,(H,21,22)/b8-3-,9-6-,12-10-,13-11-,15-14-. The topological polar surface area (TPSA) is 199 Å². The molecular formula is C20H30O10. The van der Waals surface area contributed by atoms with Gasteiger partial charge >= 0.3 is 5.97 Å². The lowest BCUT2D eigenvalue weighted by Crippen LogP contribution is -2.30. The zero-order valence-electron chi connectivity index (χ0n) is 16.5. The fourth-order valence-electron chi connectivity index (χ4n) is 1.88. The molecule has 0 aromatic heterocycles. The molecule has 0 aliphatic heterocycles. The normalized spacial score (nSPS) is 15.0. The van der Waals surface area contributed by atoms with Gasteiger partial charge in [-0.2, -0.15) is 0 Å². The first-order valence-corrected chi connectivity index (χ1v) is 9.07. The number of aliphatic hydroxyl groups is 8. The molecule has 0 rings (SSSR count). The molecule has 0 aromatic rings. The van der Waals surface area contributed by atoms with Crippen LogP contribution in [-0.4, -0.2) is 75.1 Å². The summed E-state index contributed by atoms with van der Waals surface area (Å²) >= 11 is 0. The van der Waals surface area contributed by atoms with E-state index in [1.165, 1.54) is 12.2 Å². The number of aliphatic carboxylic acids is 1. The molecule has 0 heterocycles. The summed E-state index contributed by atoms with van der Waals surface area (Å²) in [7, 11) is 0. The highest BCUT2D eigenvalue weighted by atomic mass is 16.5. The number of allylic oxidation sites excluding steroid dienone is 2. The first-order chi connectivity index (χ1) is 13.6. The van der Waals surface area contributed by atoms with E-state index in [1.807, 2.05) is 0 Å². The van der Waals surface area contributed by atoms with Crippen molar-refractivity contribution in [3.8, 4) is 0 Å². The Hall–Kier alpha value is -2.15. The third-order valence-electron chi connectivity index (χ3n) is 3.45. The number of carbonyl (C=O) groups is 1. The van der Waals surface area contributed by atoms with Gasteiger partial charge in [-0.25, -0.2) is 0 Å². The summed E-state index contributed by atoms with van der Waals surface area (Å²) in [5.41, 5.74) is 0. The minimum Gasteiger partial charge on any atom is -0.481 e. The molecular weight excluding hydrogens is 400 g/mol. The van der Waals surface area contributed by atoms with Gasteiger partial charge in [0, 0.05) is 6.42 Å². The van der Waals surface area contributed by atoms with Crippen LogP contribution in [0.1, 0.15) is 32.6 Å². The van der Waals surface area contributed by atoms with E-state index in [1.54, 1.807) is 6.92 Å². The molecule has 10 heteroatoms. The summed E-state index contributed by atoms with van der Waals surface area (Å²) in [6.07, 6.45) is 9.05. The van der Waals surface area contributed by atoms with Gasteiger partial charge in [0.05, 0.1) is 0 Å². The molecule has 0 radical (unpaired) electrons. The molecule has 30 heavy (non-hydrogen) atoms. The molecule has 0 amide bonds. The lowest BCUT2D eigenvalue weighted by molar-refractivity contribution is -0.137. The minimum atomic E-state index is -2.81. The second kappa shape index (κ2) is 11.9. The first kappa shape index (κ1) is 27.8. The summed E-state index contributed by atoms with van der Waals surface area (Å²) in [5, 5.41) is 86.1. The van der Waals surface area contributed by atoms with Crippen molar-refractivity contribution in [3.05, 3.63) is 60.8 Å². The van der Waals surface area contributed by atoms with Crippen LogP contribution < -0.4 is 0 Å². The Kier molecular flexibility index (Phi) is 11.0. The Labute approximate surface area is 174 Å². The molecule has 0 unspecified atom stereocenters. The highest BCUT2D eigenvalue weighted by Crippen LogP contribution is 2.15. The van der Waals surface area contributed by atoms with Crippen LogP contribution in [-0.2, 0) is 4.79 Å². The molecule has 0 saturated carbocycles. The first-order valence-electron chi connectivity index (χ1n) is 9.07. The SMILES string of the molecule is CC/C=C\C(O)(O)/C=C\C(O)(O)/C=C\C(O)(O)/C=C\C(O)(O)/C=C\CCCC(=O)O. The fraction of sp³-hybridized carbons (Fsp3) is 0.450. The van der Waals surface area contributed by atoms with Crippen molar-refractivity contribution < 1.29 is 50.8 Å². The average molecular weight is 430 g/mol. The predicted octanol–water partition coefficient (Wildman–Crippen LogP) is -0.844. The number of unbranched alkanes of at least 4 members (excludes halogenated alkanes) is 1. The largest absolute Gasteiger partial charge is 0.481 e. The van der Waals surface area contributed by atoms with Crippen molar-refractivity contribution >= 4 is 5.97 Å². The van der Waals surface area contributed by atoms with Crippen LogP contribution in [0.3, 0.4) is 0 Å². The Morgan fingerprint density at radius 3 is 1.30 bits per heavy atom. The van der Waals surface area contributed by atoms with Crippen LogP contribution in [0.25, 0.3) is 0 Å². The maximum atomic E-state index is 10.4. The van der Waals surface area contributed by atoms with E-state index in [-0.39, 0.29) is 19.3 Å². The Morgan fingerprint density at radius 1 is 0.633 bits per heavy atom. The van der Waals surface area contributed by atoms with Gasteiger partial charge in [-0.05, 0) is 67.9 Å². The minimum absolute atomic E-state index is 0.0910. The lowest BCUT2D eigenvalue weighted by atomic mass is 10.1. The van der Waals surface area contributed by atoms with Crippen LogP contribution >= 0.6 is 0 Å². The molecule has 0 aliphatic carbocycles. The van der Waals surface area contributed by atoms with Crippen LogP contribution in [0.15, 0.2) is 60.8 Å². The van der Waals surface area contributed by atoms with Gasteiger partial charge in [-0.15, -0.1) is 0 Å². The van der Waals surface area contributed by atoms with E-state index in [0.29, 0.717) is 42.9 Å². The lowest BCUT2D eigenvalue weighted by Gasteiger charge is -2.19. The van der Waals surface area contributed by atoms with Gasteiger partial charge in [-0.3, -0.25) is 4.79 Å². The Morgan fingerprint density at radius 2 is 0.967 bits per heavy atom. The van der Waals surface area contributed by atoms with Gasteiger partial charge in [0.2, 0.25) is 23.1 Å². The van der Waals surface area contributed by atoms with E-state index >= 15 is 0 Å². The van der Waals surface area contributed by atoms with E-state index in [0.717, 1.165) is 12.2 Å². The molecule has 0 fully saturated rings. The monoisotopic (exact) mass is 430 g/mol. The molecule has 9 N–H and O–H groups in total. The molecule has 0 aromatic carbocycles. The van der Waals surface area contributed by atoms with Crippen molar-refractivity contribution in [2.75, 3.05) is 0 Å².